The van der Waals surface area contributed by atoms with E-state index in [1.807, 2.05) is 13.8 Å². The van der Waals surface area contributed by atoms with E-state index in [1.165, 1.54) is 0 Å². The molecule has 0 aromatic rings. The van der Waals surface area contributed by atoms with Gasteiger partial charge in [-0.1, -0.05) is 27.0 Å². The lowest BCUT2D eigenvalue weighted by atomic mass is 10.3. The zero-order valence-corrected chi connectivity index (χ0v) is 9.39. The smallest absolute Gasteiger partial charge is 0.243 e. The predicted molar refractivity (Wildman–Crippen MR) is 59.4 cm³/mol. The van der Waals surface area contributed by atoms with Crippen molar-refractivity contribution in [2.75, 3.05) is 0 Å². The van der Waals surface area contributed by atoms with E-state index in [0.717, 1.165) is 0 Å². The minimum absolute atomic E-state index is 0.398. The van der Waals surface area contributed by atoms with Crippen molar-refractivity contribution < 1.29 is 9.59 Å². The molecule has 0 aromatic carbocycles. The highest BCUT2D eigenvalue weighted by molar-refractivity contribution is 5.90. The van der Waals surface area contributed by atoms with Gasteiger partial charge in [-0.15, -0.1) is 0 Å². The van der Waals surface area contributed by atoms with E-state index in [2.05, 4.69) is 13.2 Å². The van der Waals surface area contributed by atoms with Crippen molar-refractivity contribution in [1.82, 2.24) is 0 Å². The van der Waals surface area contributed by atoms with Crippen molar-refractivity contribution in [3.05, 3.63) is 24.3 Å². The lowest BCUT2D eigenvalue weighted by molar-refractivity contribution is -0.115. The lowest BCUT2D eigenvalue weighted by Gasteiger charge is -1.81. The fraction of sp³-hybridized carbons (Fsp3) is 0.400. The maximum Gasteiger partial charge on any atom is 0.243 e. The molecule has 0 heterocycles. The van der Waals surface area contributed by atoms with Crippen LogP contribution in [0.25, 0.3) is 0 Å². The molecule has 4 nitrogen and oxygen atoms in total. The number of hydrogen-bond donors (Lipinski definition) is 2. The third-order valence-corrected chi connectivity index (χ3v) is 0.841. The molecule has 2 amide bonds. The van der Waals surface area contributed by atoms with Crippen molar-refractivity contribution in [2.45, 2.75) is 27.7 Å². The molecule has 14 heavy (non-hydrogen) atoms. The van der Waals surface area contributed by atoms with E-state index in [9.17, 15) is 9.59 Å². The van der Waals surface area contributed by atoms with E-state index >= 15 is 0 Å². The normalized spacial score (nSPS) is 6.86. The Bertz CT molecular complexity index is 172. The van der Waals surface area contributed by atoms with E-state index < -0.39 is 11.8 Å². The molecule has 82 valence electrons. The van der Waals surface area contributed by atoms with Gasteiger partial charge >= 0.3 is 0 Å². The second kappa shape index (κ2) is 11.4. The molecule has 0 bridgehead atoms. The van der Waals surface area contributed by atoms with Crippen molar-refractivity contribution >= 4 is 11.8 Å². The molecular weight excluding hydrogens is 180 g/mol. The maximum absolute atomic E-state index is 9.82. The summed E-state index contributed by atoms with van der Waals surface area (Å²) in [7, 11) is 0. The fourth-order valence-corrected chi connectivity index (χ4v) is 0. The van der Waals surface area contributed by atoms with Crippen molar-refractivity contribution in [3.63, 3.8) is 0 Å². The number of hydrogen-bond acceptors (Lipinski definition) is 2. The SMILES string of the molecule is C=C(C)C(N)=O.C=C(C)C(N)=O.CC. The van der Waals surface area contributed by atoms with Gasteiger partial charge in [0, 0.05) is 11.1 Å². The summed E-state index contributed by atoms with van der Waals surface area (Å²) in [5.41, 5.74) is 10.2. The first kappa shape index (κ1) is 18.3. The van der Waals surface area contributed by atoms with Crippen molar-refractivity contribution in [3.8, 4) is 0 Å². The van der Waals surface area contributed by atoms with Gasteiger partial charge in [0.1, 0.15) is 0 Å². The van der Waals surface area contributed by atoms with Crippen LogP contribution >= 0.6 is 0 Å². The minimum Gasteiger partial charge on any atom is -0.366 e. The van der Waals surface area contributed by atoms with Gasteiger partial charge in [0.25, 0.3) is 0 Å². The Balaban J connectivity index is -0.000000147. The van der Waals surface area contributed by atoms with Crippen molar-refractivity contribution in [1.29, 1.82) is 0 Å². The molecule has 0 saturated carbocycles. The average Bonchev–Trinajstić information content (AvgIpc) is 2.08. The molecule has 0 aliphatic carbocycles. The molecule has 0 unspecified atom stereocenters. The summed E-state index contributed by atoms with van der Waals surface area (Å²) in [5, 5.41) is 0. The van der Waals surface area contributed by atoms with Crippen LogP contribution < -0.4 is 11.5 Å². The third kappa shape index (κ3) is 22.4. The number of carbonyl (C=O) groups is 2. The molecule has 0 radical (unpaired) electrons. The molecule has 0 spiro atoms. The fourth-order valence-electron chi connectivity index (χ4n) is 0. The highest BCUT2D eigenvalue weighted by Crippen LogP contribution is 1.78. The van der Waals surface area contributed by atoms with Gasteiger partial charge < -0.3 is 11.5 Å². The van der Waals surface area contributed by atoms with Crippen LogP contribution in [-0.4, -0.2) is 11.8 Å². The first-order valence-corrected chi connectivity index (χ1v) is 4.19. The largest absolute Gasteiger partial charge is 0.366 e. The molecule has 4 N–H and O–H groups in total. The molecule has 0 fully saturated rings. The second-order valence-corrected chi connectivity index (χ2v) is 2.29. The number of rotatable bonds is 2. The molecule has 0 aliphatic rings. The Labute approximate surface area is 85.7 Å². The summed E-state index contributed by atoms with van der Waals surface area (Å²) >= 11 is 0. The van der Waals surface area contributed by atoms with Crippen LogP contribution in [0.1, 0.15) is 27.7 Å². The van der Waals surface area contributed by atoms with Gasteiger partial charge in [-0.25, -0.2) is 0 Å². The van der Waals surface area contributed by atoms with Gasteiger partial charge in [-0.2, -0.15) is 0 Å². The van der Waals surface area contributed by atoms with Gasteiger partial charge in [0.15, 0.2) is 0 Å². The number of primary amides is 2. The number of amides is 2. The summed E-state index contributed by atoms with van der Waals surface area (Å²) < 4.78 is 0. The van der Waals surface area contributed by atoms with E-state index in [-0.39, 0.29) is 0 Å². The number of nitrogens with two attached hydrogens (primary N) is 2. The zero-order chi connectivity index (χ0) is 12.3. The standard InChI is InChI=1S/2C4H7NO.C2H6/c2*1-3(2)4(5)6;1-2/h2*1H2,2H3,(H2,5,6);1-2H3. The topological polar surface area (TPSA) is 86.2 Å². The summed E-state index contributed by atoms with van der Waals surface area (Å²) in [6, 6.07) is 0. The van der Waals surface area contributed by atoms with Crippen molar-refractivity contribution in [2.24, 2.45) is 11.5 Å². The van der Waals surface area contributed by atoms with Crippen LogP contribution in [0.15, 0.2) is 24.3 Å². The molecule has 0 atom stereocenters. The van der Waals surface area contributed by atoms with Gasteiger partial charge in [-0.3, -0.25) is 9.59 Å². The van der Waals surface area contributed by atoms with Crippen LogP contribution in [0.5, 0.6) is 0 Å². The number of carbonyl (C=O) groups excluding carboxylic acids is 2. The Morgan fingerprint density at radius 1 is 0.857 bits per heavy atom. The first-order valence-electron chi connectivity index (χ1n) is 4.19. The predicted octanol–water partition coefficient (Wildman–Crippen LogP) is 1.12. The molecule has 0 aromatic heterocycles. The summed E-state index contributed by atoms with van der Waals surface area (Å²) in [6.45, 7) is 13.7. The van der Waals surface area contributed by atoms with Gasteiger partial charge in [0.2, 0.25) is 11.8 Å². The quantitative estimate of drug-likeness (QED) is 0.654. The highest BCUT2D eigenvalue weighted by Gasteiger charge is 1.87. The highest BCUT2D eigenvalue weighted by atomic mass is 16.1. The van der Waals surface area contributed by atoms with Crippen LogP contribution in [-0.2, 0) is 9.59 Å². The molecule has 4 heteroatoms. The first-order chi connectivity index (χ1) is 6.29. The Morgan fingerprint density at radius 3 is 0.929 bits per heavy atom. The summed E-state index contributed by atoms with van der Waals surface area (Å²) in [5.74, 6) is -0.870. The minimum atomic E-state index is -0.435. The Kier molecular flexibility index (Phi) is 14.9. The average molecular weight is 200 g/mol. The molecule has 0 aliphatic heterocycles. The summed E-state index contributed by atoms with van der Waals surface area (Å²) in [4.78, 5) is 19.6. The van der Waals surface area contributed by atoms with Crippen LogP contribution in [0.2, 0.25) is 0 Å². The third-order valence-electron chi connectivity index (χ3n) is 0.841. The second-order valence-electron chi connectivity index (χ2n) is 2.29. The van der Waals surface area contributed by atoms with Gasteiger partial charge in [-0.05, 0) is 13.8 Å². The maximum atomic E-state index is 9.82. The van der Waals surface area contributed by atoms with Crippen LogP contribution in [0, 0.1) is 0 Å². The Hall–Kier alpha value is -1.58. The monoisotopic (exact) mass is 200 g/mol. The molecular formula is C10H20N2O2. The van der Waals surface area contributed by atoms with Gasteiger partial charge in [0.05, 0.1) is 0 Å². The van der Waals surface area contributed by atoms with E-state index in [0.29, 0.717) is 11.1 Å². The molecule has 0 saturated heterocycles. The summed E-state index contributed by atoms with van der Waals surface area (Å²) in [6.07, 6.45) is 0. The van der Waals surface area contributed by atoms with Crippen LogP contribution in [0.3, 0.4) is 0 Å². The molecule has 0 rings (SSSR count). The lowest BCUT2D eigenvalue weighted by Crippen LogP contribution is -2.10. The van der Waals surface area contributed by atoms with E-state index in [4.69, 9.17) is 11.5 Å². The Morgan fingerprint density at radius 2 is 0.929 bits per heavy atom. The van der Waals surface area contributed by atoms with Crippen LogP contribution in [0.4, 0.5) is 0 Å². The zero-order valence-electron chi connectivity index (χ0n) is 9.39. The van der Waals surface area contributed by atoms with E-state index in [1.54, 1.807) is 13.8 Å².